The molecule has 0 amide bonds. The van der Waals surface area contributed by atoms with Gasteiger partial charge in [0, 0.05) is 38.3 Å². The lowest BCUT2D eigenvalue weighted by Crippen LogP contribution is -2.08. The second-order valence-corrected chi connectivity index (χ2v) is 18.3. The number of hydrogen-bond donors (Lipinski definition) is 0. The highest BCUT2D eigenvalue weighted by molar-refractivity contribution is 6.10. The normalized spacial score (nSPS) is 11.9. The zero-order valence-corrected chi connectivity index (χ0v) is 39.5. The van der Waals surface area contributed by atoms with Crippen LogP contribution in [0.5, 0.6) is 0 Å². The minimum Gasteiger partial charge on any atom is -0.247 e. The predicted octanol–water partition coefficient (Wildman–Crippen LogP) is 15.7. The molecule has 3 heterocycles. The smallest absolute Gasteiger partial charge is 0.106 e. The maximum absolute atomic E-state index is 5.72. The van der Waals surface area contributed by atoms with Crippen molar-refractivity contribution in [3.63, 3.8) is 0 Å². The molecule has 0 saturated heterocycles. The molecule has 2 aliphatic rings. The molecular weight excluding hydrogens is 851 g/mol. The first-order valence-corrected chi connectivity index (χ1v) is 24.8. The van der Waals surface area contributed by atoms with Crippen LogP contribution in [-0.2, 0) is 12.8 Å². The second kappa shape index (κ2) is 18.6. The van der Waals surface area contributed by atoms with Gasteiger partial charge in [-0.15, -0.1) is 10.2 Å². The van der Waals surface area contributed by atoms with Crippen molar-refractivity contribution in [2.24, 2.45) is 9.98 Å². The number of rotatable bonds is 13. The molecule has 0 saturated carbocycles. The fraction of sp³-hybridized carbons (Fsp3) is 0.123. The van der Waals surface area contributed by atoms with E-state index < -0.39 is 0 Å². The van der Waals surface area contributed by atoms with E-state index in [1.807, 2.05) is 0 Å². The van der Waals surface area contributed by atoms with Crippen LogP contribution in [0.3, 0.4) is 0 Å². The van der Waals surface area contributed by atoms with Gasteiger partial charge in [-0.25, -0.2) is 9.98 Å². The highest BCUT2D eigenvalue weighted by Crippen LogP contribution is 2.56. The third kappa shape index (κ3) is 7.37. The molecule has 0 N–H and O–H groups in total. The molecule has 1 aromatic heterocycles. The van der Waals surface area contributed by atoms with Crippen LogP contribution in [0.1, 0.15) is 50.7 Å². The van der Waals surface area contributed by atoms with Crippen LogP contribution in [-0.4, -0.2) is 15.4 Å². The van der Waals surface area contributed by atoms with Crippen molar-refractivity contribution in [3.8, 4) is 89.3 Å². The molecule has 0 aliphatic carbocycles. The van der Waals surface area contributed by atoms with E-state index in [0.29, 0.717) is 0 Å². The Hall–Kier alpha value is -8.41. The Bertz CT molecular complexity index is 3850. The molecular formula is C65H51N5. The van der Waals surface area contributed by atoms with Crippen LogP contribution < -0.4 is 10.7 Å². The van der Waals surface area contributed by atoms with Gasteiger partial charge in [-0.1, -0.05) is 209 Å². The maximum Gasteiger partial charge on any atom is 0.106 e. The number of nitrogens with zero attached hydrogens (tertiary/aromatic N) is 5. The molecule has 9 aromatic carbocycles. The summed E-state index contributed by atoms with van der Waals surface area (Å²) in [6.07, 6.45) is 6.03. The van der Waals surface area contributed by atoms with E-state index in [4.69, 9.17) is 25.4 Å². The molecule has 5 nitrogen and oxygen atoms in total. The summed E-state index contributed by atoms with van der Waals surface area (Å²) in [5.74, 6) is 0. The zero-order valence-electron chi connectivity index (χ0n) is 39.5. The van der Waals surface area contributed by atoms with E-state index in [1.54, 1.807) is 0 Å². The highest BCUT2D eigenvalue weighted by atomic mass is 15.3. The Morgan fingerprint density at radius 2 is 0.814 bits per heavy atom. The molecule has 0 bridgehead atoms. The van der Waals surface area contributed by atoms with Crippen molar-refractivity contribution in [2.45, 2.75) is 52.4 Å². The van der Waals surface area contributed by atoms with Crippen molar-refractivity contribution in [1.82, 2.24) is 15.4 Å². The van der Waals surface area contributed by atoms with Gasteiger partial charge in [0.15, 0.2) is 0 Å². The number of hydrogen-bond acceptors (Lipinski definition) is 5. The fourth-order valence-electron chi connectivity index (χ4n) is 10.9. The summed E-state index contributed by atoms with van der Waals surface area (Å²) in [6, 6.07) is 71.4. The van der Waals surface area contributed by atoms with Crippen LogP contribution >= 0.6 is 0 Å². The van der Waals surface area contributed by atoms with Crippen molar-refractivity contribution < 1.29 is 0 Å². The Morgan fingerprint density at radius 3 is 1.47 bits per heavy atom. The lowest BCUT2D eigenvalue weighted by molar-refractivity contribution is 0.760. The summed E-state index contributed by atoms with van der Waals surface area (Å²) >= 11 is 0. The van der Waals surface area contributed by atoms with Crippen molar-refractivity contribution in [1.29, 1.82) is 0 Å². The lowest BCUT2D eigenvalue weighted by atomic mass is 9.78. The van der Waals surface area contributed by atoms with Gasteiger partial charge >= 0.3 is 0 Å². The van der Waals surface area contributed by atoms with Gasteiger partial charge in [0.05, 0.1) is 22.1 Å². The molecule has 0 spiro atoms. The molecule has 70 heavy (non-hydrogen) atoms. The minimum absolute atomic E-state index is 0.762. The topological polar surface area (TPSA) is 63.4 Å². The van der Waals surface area contributed by atoms with E-state index in [0.717, 1.165) is 155 Å². The van der Waals surface area contributed by atoms with Crippen molar-refractivity contribution >= 4 is 11.4 Å². The third-order valence-electron chi connectivity index (χ3n) is 14.1. The van der Waals surface area contributed by atoms with E-state index in [1.165, 1.54) is 16.7 Å². The van der Waals surface area contributed by atoms with Gasteiger partial charge in [0.1, 0.15) is 11.4 Å². The van der Waals surface area contributed by atoms with Gasteiger partial charge in [-0.05, 0) is 110 Å². The Kier molecular flexibility index (Phi) is 11.4. The number of para-hydroxylation sites is 1. The van der Waals surface area contributed by atoms with Gasteiger partial charge in [-0.3, -0.25) is 0 Å². The molecule has 336 valence electrons. The summed E-state index contributed by atoms with van der Waals surface area (Å²) < 4.78 is 0. The maximum atomic E-state index is 5.72. The Balaban J connectivity index is 1.28. The minimum atomic E-state index is 0.762. The summed E-state index contributed by atoms with van der Waals surface area (Å²) in [5, 5.41) is 19.6. The van der Waals surface area contributed by atoms with Gasteiger partial charge in [-0.2, -0.15) is 0 Å². The van der Waals surface area contributed by atoms with Crippen LogP contribution in [0.4, 0.5) is 11.4 Å². The first-order chi connectivity index (χ1) is 34.7. The number of aromatic nitrogens is 3. The summed E-state index contributed by atoms with van der Waals surface area (Å²) in [4.78, 5) is 11.2. The Morgan fingerprint density at radius 1 is 0.314 bits per heavy atom. The largest absolute Gasteiger partial charge is 0.247 e. The van der Waals surface area contributed by atoms with Gasteiger partial charge in [0.25, 0.3) is 0 Å². The van der Waals surface area contributed by atoms with Crippen LogP contribution in [0.25, 0.3) is 89.3 Å². The Labute approximate surface area is 409 Å². The molecule has 2 aliphatic heterocycles. The van der Waals surface area contributed by atoms with Crippen molar-refractivity contribution in [2.75, 3.05) is 0 Å². The number of benzene rings is 9. The van der Waals surface area contributed by atoms with Crippen LogP contribution in [0.15, 0.2) is 210 Å². The standard InChI is InChI=1S/C65H51N5/c1-3-5-30-51-53(31-6-4-2)63-61(59-56(67-63)41-40-54-49-36-22-23-39-55(49)66-62(54)59)60(57(51)44-28-14-9-15-29-44)65-58(64(68-70-69-65)52-38-21-17-33-46(52)43-26-12-8-13-27-43)50-37-20-19-35-48(50)47-34-18-16-32-45(47)42-24-10-7-11-25-42/h7-29,32-41H,3-6,30-31H2,1-2H3. The molecule has 0 unspecified atom stereocenters. The second-order valence-electron chi connectivity index (χ2n) is 18.3. The monoisotopic (exact) mass is 901 g/mol. The van der Waals surface area contributed by atoms with E-state index >= 15 is 0 Å². The number of fused-ring (bicyclic) bond motifs is 6. The SMILES string of the molecule is CCCCc1c(CCCC)c(-c2ccccc2)c(-c2nnnc(-c3ccccc3-c3ccccc3)c2-c2ccccc2-c2ccccc2-c2ccccc2)c2c1N=c1ccc3c(c1-2)N=c1ccccc1=3. The average molecular weight is 902 g/mol. The fourth-order valence-corrected chi connectivity index (χ4v) is 10.9. The molecule has 5 heteroatoms. The van der Waals surface area contributed by atoms with E-state index in [-0.39, 0.29) is 0 Å². The summed E-state index contributed by atoms with van der Waals surface area (Å²) in [6.45, 7) is 4.58. The van der Waals surface area contributed by atoms with Gasteiger partial charge in [0.2, 0.25) is 0 Å². The van der Waals surface area contributed by atoms with E-state index in [9.17, 15) is 0 Å². The summed E-state index contributed by atoms with van der Waals surface area (Å²) in [7, 11) is 0. The predicted molar refractivity (Wildman–Crippen MR) is 286 cm³/mol. The molecule has 10 aromatic rings. The summed E-state index contributed by atoms with van der Waals surface area (Å²) in [5.41, 5.74) is 21.2. The number of unbranched alkanes of at least 4 members (excludes halogenated alkanes) is 2. The van der Waals surface area contributed by atoms with Gasteiger partial charge < -0.3 is 0 Å². The average Bonchev–Trinajstić information content (AvgIpc) is 4.01. The lowest BCUT2D eigenvalue weighted by Gasteiger charge is -2.26. The van der Waals surface area contributed by atoms with Crippen LogP contribution in [0.2, 0.25) is 0 Å². The zero-order chi connectivity index (χ0) is 47.0. The van der Waals surface area contributed by atoms with Crippen molar-refractivity contribution in [3.05, 3.63) is 232 Å². The molecule has 0 fully saturated rings. The quantitative estimate of drug-likeness (QED) is 0.116. The van der Waals surface area contributed by atoms with Crippen LogP contribution in [0, 0.1) is 10.4 Å². The molecule has 0 radical (unpaired) electrons. The molecule has 0 atom stereocenters. The van der Waals surface area contributed by atoms with E-state index in [2.05, 4.69) is 214 Å². The first kappa shape index (κ1) is 42.9. The molecule has 12 rings (SSSR count). The first-order valence-electron chi connectivity index (χ1n) is 24.8. The highest BCUT2D eigenvalue weighted by Gasteiger charge is 2.35. The third-order valence-corrected chi connectivity index (χ3v) is 14.1.